The van der Waals surface area contributed by atoms with Crippen molar-refractivity contribution >= 4 is 16.9 Å². The van der Waals surface area contributed by atoms with E-state index in [1.807, 2.05) is 30.3 Å². The van der Waals surface area contributed by atoms with Gasteiger partial charge in [0.05, 0.1) is 12.6 Å². The first-order chi connectivity index (χ1) is 10.2. The Morgan fingerprint density at radius 3 is 2.57 bits per heavy atom. The van der Waals surface area contributed by atoms with Gasteiger partial charge in [0.25, 0.3) is 0 Å². The average Bonchev–Trinajstić information content (AvgIpc) is 2.54. The fraction of sp³-hybridized carbons (Fsp3) is 0.0588. The van der Waals surface area contributed by atoms with Crippen molar-refractivity contribution < 1.29 is 13.9 Å². The van der Waals surface area contributed by atoms with Gasteiger partial charge in [-0.05, 0) is 35.4 Å². The first kappa shape index (κ1) is 13.2. The number of rotatable bonds is 2. The van der Waals surface area contributed by atoms with Crippen molar-refractivity contribution in [2.45, 2.75) is 0 Å². The number of benzene rings is 2. The lowest BCUT2D eigenvalue weighted by molar-refractivity contribution is 0.0594. The number of hydrogen-bond donors (Lipinski definition) is 0. The van der Waals surface area contributed by atoms with Gasteiger partial charge in [-0.3, -0.25) is 0 Å². The molecule has 4 heteroatoms. The minimum Gasteiger partial charge on any atom is -0.464 e. The number of pyridine rings is 1. The van der Waals surface area contributed by atoms with Gasteiger partial charge in [0, 0.05) is 5.39 Å². The summed E-state index contributed by atoms with van der Waals surface area (Å²) in [5, 5.41) is 0.661. The van der Waals surface area contributed by atoms with E-state index in [0.29, 0.717) is 10.9 Å². The van der Waals surface area contributed by atoms with Crippen LogP contribution in [0.1, 0.15) is 10.5 Å². The first-order valence-corrected chi connectivity index (χ1v) is 6.43. The summed E-state index contributed by atoms with van der Waals surface area (Å²) in [5.74, 6) is -0.856. The number of hydrogen-bond acceptors (Lipinski definition) is 3. The zero-order valence-corrected chi connectivity index (χ0v) is 11.3. The lowest BCUT2D eigenvalue weighted by Gasteiger charge is -2.09. The summed E-state index contributed by atoms with van der Waals surface area (Å²) in [7, 11) is 1.31. The first-order valence-electron chi connectivity index (χ1n) is 6.43. The van der Waals surface area contributed by atoms with Crippen LogP contribution in [0.25, 0.3) is 22.0 Å². The molecule has 3 aromatic rings. The normalized spacial score (nSPS) is 10.6. The Bertz CT molecular complexity index is 816. The van der Waals surface area contributed by atoms with Crippen LogP contribution in [0.2, 0.25) is 0 Å². The minimum atomic E-state index is -0.515. The molecule has 0 spiro atoms. The molecule has 0 atom stereocenters. The largest absolute Gasteiger partial charge is 0.464 e. The molecule has 0 unspecified atom stereocenters. The second-order valence-corrected chi connectivity index (χ2v) is 4.57. The number of esters is 1. The van der Waals surface area contributed by atoms with Gasteiger partial charge in [0.1, 0.15) is 11.5 Å². The van der Waals surface area contributed by atoms with Crippen molar-refractivity contribution in [3.8, 4) is 11.1 Å². The highest BCUT2D eigenvalue weighted by Crippen LogP contribution is 2.29. The molecule has 21 heavy (non-hydrogen) atoms. The van der Waals surface area contributed by atoms with Gasteiger partial charge < -0.3 is 4.74 Å². The molecule has 0 aliphatic carbocycles. The number of methoxy groups -OCH3 is 1. The molecule has 0 N–H and O–H groups in total. The SMILES string of the molecule is COC(=O)c1cc(-c2ccccc2)c2cc(F)ccc2n1. The topological polar surface area (TPSA) is 39.2 Å². The van der Waals surface area contributed by atoms with Crippen LogP contribution < -0.4 is 0 Å². The molecule has 0 aliphatic heterocycles. The molecule has 104 valence electrons. The van der Waals surface area contributed by atoms with Crippen molar-refractivity contribution in [2.75, 3.05) is 7.11 Å². The zero-order valence-electron chi connectivity index (χ0n) is 11.3. The Kier molecular flexibility index (Phi) is 3.36. The highest BCUT2D eigenvalue weighted by molar-refractivity contribution is 5.99. The second-order valence-electron chi connectivity index (χ2n) is 4.57. The molecule has 0 bridgehead atoms. The van der Waals surface area contributed by atoms with Crippen molar-refractivity contribution in [3.63, 3.8) is 0 Å². The third-order valence-corrected chi connectivity index (χ3v) is 3.25. The standard InChI is InChI=1S/C17H12FNO2/c1-21-17(20)16-10-13(11-5-3-2-4-6-11)14-9-12(18)7-8-15(14)19-16/h2-10H,1H3. The van der Waals surface area contributed by atoms with Crippen molar-refractivity contribution in [1.82, 2.24) is 4.98 Å². The summed E-state index contributed by atoms with van der Waals surface area (Å²) in [6.07, 6.45) is 0. The van der Waals surface area contributed by atoms with Gasteiger partial charge in [-0.1, -0.05) is 30.3 Å². The number of carbonyl (C=O) groups is 1. The zero-order chi connectivity index (χ0) is 14.8. The van der Waals surface area contributed by atoms with Crippen LogP contribution in [0.3, 0.4) is 0 Å². The number of nitrogens with zero attached hydrogens (tertiary/aromatic N) is 1. The highest BCUT2D eigenvalue weighted by atomic mass is 19.1. The van der Waals surface area contributed by atoms with E-state index in [-0.39, 0.29) is 11.5 Å². The molecule has 1 aromatic heterocycles. The Labute approximate surface area is 121 Å². The average molecular weight is 281 g/mol. The fourth-order valence-electron chi connectivity index (χ4n) is 2.26. The highest BCUT2D eigenvalue weighted by Gasteiger charge is 2.13. The summed E-state index contributed by atoms with van der Waals surface area (Å²) in [6, 6.07) is 15.4. The van der Waals surface area contributed by atoms with Crippen molar-refractivity contribution in [1.29, 1.82) is 0 Å². The quantitative estimate of drug-likeness (QED) is 0.670. The van der Waals surface area contributed by atoms with Crippen LogP contribution in [0.5, 0.6) is 0 Å². The molecule has 0 fully saturated rings. The Morgan fingerprint density at radius 2 is 1.86 bits per heavy atom. The molecule has 0 saturated heterocycles. The summed E-state index contributed by atoms with van der Waals surface area (Å²) in [5.41, 5.74) is 2.40. The molecule has 3 nitrogen and oxygen atoms in total. The monoisotopic (exact) mass is 281 g/mol. The van der Waals surface area contributed by atoms with Gasteiger partial charge in [-0.15, -0.1) is 0 Å². The molecule has 0 aliphatic rings. The Balaban J connectivity index is 2.33. The van der Waals surface area contributed by atoms with E-state index in [2.05, 4.69) is 4.98 Å². The Morgan fingerprint density at radius 1 is 1.10 bits per heavy atom. The predicted molar refractivity (Wildman–Crippen MR) is 78.5 cm³/mol. The molecule has 2 aromatic carbocycles. The van der Waals surface area contributed by atoms with Crippen LogP contribution >= 0.6 is 0 Å². The van der Waals surface area contributed by atoms with E-state index in [0.717, 1.165) is 11.1 Å². The van der Waals surface area contributed by atoms with Crippen LogP contribution in [0.4, 0.5) is 4.39 Å². The maximum absolute atomic E-state index is 13.5. The Hall–Kier alpha value is -2.75. The minimum absolute atomic E-state index is 0.204. The summed E-state index contributed by atoms with van der Waals surface area (Å²) < 4.78 is 18.3. The number of aromatic nitrogens is 1. The third kappa shape index (κ3) is 2.48. The van der Waals surface area contributed by atoms with E-state index >= 15 is 0 Å². The van der Waals surface area contributed by atoms with E-state index in [4.69, 9.17) is 4.74 Å². The molecular weight excluding hydrogens is 269 g/mol. The molecular formula is C17H12FNO2. The van der Waals surface area contributed by atoms with Crippen LogP contribution in [-0.4, -0.2) is 18.1 Å². The van der Waals surface area contributed by atoms with Crippen molar-refractivity contribution in [3.05, 3.63) is 66.1 Å². The van der Waals surface area contributed by atoms with Gasteiger partial charge in [-0.2, -0.15) is 0 Å². The molecule has 0 radical (unpaired) electrons. The summed E-state index contributed by atoms with van der Waals surface area (Å²) in [4.78, 5) is 16.0. The summed E-state index contributed by atoms with van der Waals surface area (Å²) in [6.45, 7) is 0. The van der Waals surface area contributed by atoms with Crippen LogP contribution in [0, 0.1) is 5.82 Å². The van der Waals surface area contributed by atoms with Crippen LogP contribution in [-0.2, 0) is 4.74 Å². The number of halogens is 1. The lowest BCUT2D eigenvalue weighted by Crippen LogP contribution is -2.05. The molecule has 3 rings (SSSR count). The molecule has 0 amide bonds. The third-order valence-electron chi connectivity index (χ3n) is 3.25. The van der Waals surface area contributed by atoms with Gasteiger partial charge >= 0.3 is 5.97 Å². The molecule has 0 saturated carbocycles. The number of ether oxygens (including phenoxy) is 1. The summed E-state index contributed by atoms with van der Waals surface area (Å²) >= 11 is 0. The van der Waals surface area contributed by atoms with Crippen molar-refractivity contribution in [2.24, 2.45) is 0 Å². The second kappa shape index (κ2) is 5.32. The van der Waals surface area contributed by atoms with E-state index in [1.165, 1.54) is 19.2 Å². The lowest BCUT2D eigenvalue weighted by atomic mass is 10.00. The number of fused-ring (bicyclic) bond motifs is 1. The predicted octanol–water partition coefficient (Wildman–Crippen LogP) is 3.83. The molecule has 1 heterocycles. The van der Waals surface area contributed by atoms with Gasteiger partial charge in [0.15, 0.2) is 0 Å². The smallest absolute Gasteiger partial charge is 0.356 e. The number of carbonyl (C=O) groups excluding carboxylic acids is 1. The van der Waals surface area contributed by atoms with E-state index in [1.54, 1.807) is 12.1 Å². The fourth-order valence-corrected chi connectivity index (χ4v) is 2.26. The van der Waals surface area contributed by atoms with Gasteiger partial charge in [0.2, 0.25) is 0 Å². The maximum Gasteiger partial charge on any atom is 0.356 e. The van der Waals surface area contributed by atoms with E-state index in [9.17, 15) is 9.18 Å². The maximum atomic E-state index is 13.5. The van der Waals surface area contributed by atoms with Crippen LogP contribution in [0.15, 0.2) is 54.6 Å². The van der Waals surface area contributed by atoms with Gasteiger partial charge in [-0.25, -0.2) is 14.2 Å². The van der Waals surface area contributed by atoms with E-state index < -0.39 is 5.97 Å².